The van der Waals surface area contributed by atoms with E-state index in [0.29, 0.717) is 47.3 Å². The number of carbonyl (C=O) groups excluding carboxylic acids is 2. The molecule has 0 saturated carbocycles. The maximum Gasteiger partial charge on any atom is 0.351 e. The predicted octanol–water partition coefficient (Wildman–Crippen LogP) is 3.88. The van der Waals surface area contributed by atoms with E-state index >= 15 is 0 Å². The van der Waals surface area contributed by atoms with E-state index in [1.54, 1.807) is 25.4 Å². The summed E-state index contributed by atoms with van der Waals surface area (Å²) >= 11 is 0. The molecule has 2 aromatic heterocycles. The van der Waals surface area contributed by atoms with Crippen molar-refractivity contribution in [2.45, 2.75) is 32.1 Å². The Morgan fingerprint density at radius 3 is 2.71 bits per heavy atom. The fourth-order valence-corrected chi connectivity index (χ4v) is 5.81. The van der Waals surface area contributed by atoms with Gasteiger partial charge in [-0.3, -0.25) is 24.8 Å². The van der Waals surface area contributed by atoms with Gasteiger partial charge in [0, 0.05) is 18.8 Å². The lowest BCUT2D eigenvalue weighted by Crippen LogP contribution is -2.44. The van der Waals surface area contributed by atoms with Crippen molar-refractivity contribution >= 4 is 51.7 Å². The molecule has 4 aromatic rings. The van der Waals surface area contributed by atoms with E-state index in [-0.39, 0.29) is 17.2 Å². The first-order valence-electron chi connectivity index (χ1n) is 14.2. The van der Waals surface area contributed by atoms with Crippen LogP contribution in [0.3, 0.4) is 0 Å². The number of methoxy groups -OCH3 is 1. The summed E-state index contributed by atoms with van der Waals surface area (Å²) in [5, 5.41) is 7.06. The van der Waals surface area contributed by atoms with E-state index in [4.69, 9.17) is 15.5 Å². The number of carbonyl (C=O) groups is 2. The summed E-state index contributed by atoms with van der Waals surface area (Å²) in [6.07, 6.45) is 6.95. The first-order valence-corrected chi connectivity index (χ1v) is 14.2. The van der Waals surface area contributed by atoms with Crippen molar-refractivity contribution in [1.82, 2.24) is 14.9 Å². The molecule has 1 saturated heterocycles. The Labute approximate surface area is 242 Å². The van der Waals surface area contributed by atoms with Crippen LogP contribution >= 0.6 is 0 Å². The van der Waals surface area contributed by atoms with Crippen LogP contribution in [0.2, 0.25) is 0 Å². The van der Waals surface area contributed by atoms with E-state index in [1.807, 2.05) is 17.0 Å². The number of hydrogen-bond acceptors (Lipinski definition) is 7. The molecule has 6 N–H and O–H groups in total. The van der Waals surface area contributed by atoms with E-state index in [1.165, 1.54) is 18.6 Å². The number of aromatic nitrogens is 3. The van der Waals surface area contributed by atoms with Gasteiger partial charge in [0.2, 0.25) is 17.4 Å². The van der Waals surface area contributed by atoms with Gasteiger partial charge >= 0.3 is 5.95 Å². The van der Waals surface area contributed by atoms with Crippen molar-refractivity contribution in [2.75, 3.05) is 48.8 Å². The third-order valence-electron chi connectivity index (χ3n) is 7.86. The van der Waals surface area contributed by atoms with E-state index < -0.39 is 11.7 Å². The van der Waals surface area contributed by atoms with Gasteiger partial charge in [0.25, 0.3) is 5.91 Å². The average molecular weight is 574 g/mol. The molecule has 2 aliphatic heterocycles. The largest absolute Gasteiger partial charge is 0.493 e. The molecule has 0 radical (unpaired) electrons. The molecule has 218 valence electrons. The molecule has 11 nitrogen and oxygen atoms in total. The first kappa shape index (κ1) is 27.5. The molecule has 0 spiro atoms. The molecule has 0 bridgehead atoms. The number of anilines is 5. The van der Waals surface area contributed by atoms with Crippen LogP contribution in [-0.2, 0) is 11.2 Å². The Hall–Kier alpha value is -4.71. The van der Waals surface area contributed by atoms with Crippen molar-refractivity contribution in [3.8, 4) is 5.75 Å². The second-order valence-electron chi connectivity index (χ2n) is 10.6. The third-order valence-corrected chi connectivity index (χ3v) is 7.86. The van der Waals surface area contributed by atoms with Crippen LogP contribution < -0.4 is 31.0 Å². The highest BCUT2D eigenvalue weighted by Gasteiger charge is 2.28. The van der Waals surface area contributed by atoms with Gasteiger partial charge in [-0.05, 0) is 68.6 Å². The van der Waals surface area contributed by atoms with Crippen LogP contribution in [0.5, 0.6) is 5.75 Å². The van der Waals surface area contributed by atoms with Gasteiger partial charge in [0.15, 0.2) is 5.75 Å². The number of amides is 2. The molecule has 2 amide bonds. The lowest BCUT2D eigenvalue weighted by Gasteiger charge is -2.33. The minimum absolute atomic E-state index is 0.0956. The van der Waals surface area contributed by atoms with Crippen LogP contribution in [0.1, 0.15) is 41.6 Å². The van der Waals surface area contributed by atoms with Gasteiger partial charge in [0.1, 0.15) is 11.5 Å². The topological polar surface area (TPSA) is 143 Å². The molecule has 12 heteroatoms. The van der Waals surface area contributed by atoms with Gasteiger partial charge in [-0.1, -0.05) is 17.5 Å². The Morgan fingerprint density at radius 2 is 1.93 bits per heavy atom. The molecule has 0 unspecified atom stereocenters. The lowest BCUT2D eigenvalue weighted by molar-refractivity contribution is -0.333. The lowest BCUT2D eigenvalue weighted by atomic mass is 10.00. The van der Waals surface area contributed by atoms with Crippen molar-refractivity contribution in [3.05, 3.63) is 59.5 Å². The number of aromatic amines is 2. The van der Waals surface area contributed by atoms with E-state index in [0.717, 1.165) is 50.0 Å². The fraction of sp³-hybridized carbons (Fsp3) is 0.333. The maximum atomic E-state index is 14.4. The number of nitrogens with one attached hydrogen (secondary N) is 4. The number of nitrogens with two attached hydrogens (primary N) is 1. The molecule has 42 heavy (non-hydrogen) atoms. The Bertz CT molecular complexity index is 1650. The van der Waals surface area contributed by atoms with Crippen molar-refractivity contribution in [1.29, 1.82) is 0 Å². The monoisotopic (exact) mass is 573 g/mol. The summed E-state index contributed by atoms with van der Waals surface area (Å²) in [6.45, 7) is 2.98. The number of primary amides is 1. The first-order chi connectivity index (χ1) is 20.4. The average Bonchev–Trinajstić information content (AvgIpc) is 3.46. The highest BCUT2D eigenvalue weighted by Crippen LogP contribution is 2.38. The molecule has 1 fully saturated rings. The van der Waals surface area contributed by atoms with Gasteiger partial charge in [-0.25, -0.2) is 9.37 Å². The molecule has 4 heterocycles. The van der Waals surface area contributed by atoms with Crippen molar-refractivity contribution in [3.63, 3.8) is 0 Å². The van der Waals surface area contributed by atoms with Gasteiger partial charge in [0.05, 0.1) is 36.0 Å². The number of piperidine rings is 1. The van der Waals surface area contributed by atoms with Gasteiger partial charge in [-0.15, -0.1) is 0 Å². The number of aryl methyl sites for hydroxylation is 1. The number of nitrogens with zero attached hydrogens (tertiary/aromatic N) is 3. The summed E-state index contributed by atoms with van der Waals surface area (Å²) in [7, 11) is 1.60. The molecule has 0 aliphatic carbocycles. The van der Waals surface area contributed by atoms with Crippen molar-refractivity contribution in [2.24, 2.45) is 5.73 Å². The summed E-state index contributed by atoms with van der Waals surface area (Å²) in [5.41, 5.74) is 8.58. The minimum Gasteiger partial charge on any atom is -0.493 e. The Kier molecular flexibility index (Phi) is 7.62. The molecule has 0 atom stereocenters. The van der Waals surface area contributed by atoms with Crippen LogP contribution in [0, 0.1) is 5.82 Å². The van der Waals surface area contributed by atoms with Crippen LogP contribution in [0.4, 0.5) is 33.2 Å². The predicted molar refractivity (Wildman–Crippen MR) is 158 cm³/mol. The number of rotatable bonds is 8. The molecule has 2 aromatic carbocycles. The smallest absolute Gasteiger partial charge is 0.351 e. The zero-order valence-electron chi connectivity index (χ0n) is 23.4. The summed E-state index contributed by atoms with van der Waals surface area (Å²) < 4.78 is 20.2. The second-order valence-corrected chi connectivity index (χ2v) is 10.6. The van der Waals surface area contributed by atoms with Crippen LogP contribution in [0.15, 0.2) is 42.6 Å². The number of fused-ring (bicyclic) bond motifs is 2. The number of likely N-dealkylation sites (tertiary alicyclic amines) is 1. The minimum atomic E-state index is -0.889. The van der Waals surface area contributed by atoms with Crippen molar-refractivity contribution < 1.29 is 23.7 Å². The fourth-order valence-electron chi connectivity index (χ4n) is 5.81. The summed E-state index contributed by atoms with van der Waals surface area (Å²) in [4.78, 5) is 40.6. The second kappa shape index (κ2) is 11.6. The normalized spacial score (nSPS) is 15.3. The highest BCUT2D eigenvalue weighted by atomic mass is 19.1. The number of benzene rings is 2. The molecule has 6 rings (SSSR count). The molecular formula is C30H34FN8O3+. The zero-order valence-corrected chi connectivity index (χ0v) is 23.4. The number of hydrogen-bond donors (Lipinski definition) is 4. The summed E-state index contributed by atoms with van der Waals surface area (Å²) in [5.74, 6) is -0.188. The standard InChI is InChI=1S/C30H33FN8O3/c1-42-24-15-18-7-6-14-39(25(40)17-38-12-3-2-4-13-38)23(18)16-22(24)35-30-36-28-19(10-11-33-28)29(37-30)34-21-9-5-8-20(31)26(21)27(32)41/h5,8-11,15-16H,2-4,6-7,12-14,17H2,1H3,(H2,32,41)(H3,33,34,35,36,37)/p+1. The quantitative estimate of drug-likeness (QED) is 0.251. The molecule has 2 aliphatic rings. The highest BCUT2D eigenvalue weighted by molar-refractivity contribution is 6.01. The maximum absolute atomic E-state index is 14.4. The van der Waals surface area contributed by atoms with Gasteiger partial charge < -0.3 is 20.7 Å². The van der Waals surface area contributed by atoms with E-state index in [2.05, 4.69) is 25.5 Å². The van der Waals surface area contributed by atoms with E-state index in [9.17, 15) is 14.0 Å². The summed E-state index contributed by atoms with van der Waals surface area (Å²) in [6, 6.07) is 9.94. The molecular weight excluding hydrogens is 539 g/mol. The Morgan fingerprint density at radius 1 is 1.10 bits per heavy atom. The van der Waals surface area contributed by atoms with Gasteiger partial charge in [-0.2, -0.15) is 0 Å². The number of H-pyrrole nitrogens is 2. The Balaban J connectivity index is 1.33. The number of ether oxygens (including phenoxy) is 1. The van der Waals surface area contributed by atoms with Crippen LogP contribution in [0.25, 0.3) is 11.0 Å². The van der Waals surface area contributed by atoms with Crippen LogP contribution in [-0.4, -0.2) is 60.0 Å². The number of halogens is 1. The zero-order chi connectivity index (χ0) is 29.2. The third kappa shape index (κ3) is 5.45. The SMILES string of the molecule is COc1cc2c(cc1Nc1nc(Nc3cccc(F)c3C(N)=O)c3cc[nH]c3[nH+]1)N(C(=O)CN1CCCCC1)CCC2.